The van der Waals surface area contributed by atoms with Gasteiger partial charge in [0.1, 0.15) is 5.58 Å². The van der Waals surface area contributed by atoms with E-state index >= 15 is 0 Å². The lowest BCUT2D eigenvalue weighted by Gasteiger charge is -1.96. The highest BCUT2D eigenvalue weighted by Gasteiger charge is 2.13. The Balaban J connectivity index is 2.35. The lowest BCUT2D eigenvalue weighted by atomic mass is 10.1. The standard InChI is InChI=1S/C15H8ClNO2/c16-8-5-6-11-10(7-8)13-14(18)9-3-1-2-4-12(9)19-15(13)17-11/h1-7,17H. The number of hydrogen-bond acceptors (Lipinski definition) is 2. The number of aromatic nitrogens is 1. The molecule has 1 N–H and O–H groups in total. The summed E-state index contributed by atoms with van der Waals surface area (Å²) in [6.07, 6.45) is 0. The number of H-pyrrole nitrogens is 1. The highest BCUT2D eigenvalue weighted by atomic mass is 35.5. The topological polar surface area (TPSA) is 46.0 Å². The minimum Gasteiger partial charge on any atom is -0.439 e. The van der Waals surface area contributed by atoms with Gasteiger partial charge < -0.3 is 9.40 Å². The number of halogens is 1. The number of para-hydroxylation sites is 1. The Bertz CT molecular complexity index is 997. The van der Waals surface area contributed by atoms with Crippen LogP contribution < -0.4 is 5.43 Å². The van der Waals surface area contributed by atoms with E-state index in [2.05, 4.69) is 4.98 Å². The van der Waals surface area contributed by atoms with Crippen molar-refractivity contribution in [1.29, 1.82) is 0 Å². The van der Waals surface area contributed by atoms with E-state index in [1.165, 1.54) is 0 Å². The molecule has 0 aliphatic rings. The Labute approximate surface area is 112 Å². The molecule has 0 fully saturated rings. The summed E-state index contributed by atoms with van der Waals surface area (Å²) in [5.41, 5.74) is 1.87. The van der Waals surface area contributed by atoms with Crippen molar-refractivity contribution in [2.24, 2.45) is 0 Å². The van der Waals surface area contributed by atoms with Crippen LogP contribution in [-0.4, -0.2) is 4.98 Å². The van der Waals surface area contributed by atoms with Gasteiger partial charge in [0.15, 0.2) is 0 Å². The first-order valence-corrected chi connectivity index (χ1v) is 6.24. The van der Waals surface area contributed by atoms with Crippen LogP contribution in [0.1, 0.15) is 0 Å². The smallest absolute Gasteiger partial charge is 0.209 e. The van der Waals surface area contributed by atoms with Crippen molar-refractivity contribution in [3.05, 3.63) is 57.7 Å². The zero-order valence-electron chi connectivity index (χ0n) is 9.74. The third-order valence-corrected chi connectivity index (χ3v) is 3.53. The van der Waals surface area contributed by atoms with Crippen LogP contribution in [0.2, 0.25) is 5.02 Å². The summed E-state index contributed by atoms with van der Waals surface area (Å²) in [5.74, 6) is 0. The molecule has 19 heavy (non-hydrogen) atoms. The second-order valence-corrected chi connectivity index (χ2v) is 4.88. The van der Waals surface area contributed by atoms with E-state index in [-0.39, 0.29) is 5.43 Å². The number of benzene rings is 2. The molecule has 3 nitrogen and oxygen atoms in total. The highest BCUT2D eigenvalue weighted by molar-refractivity contribution is 6.31. The average molecular weight is 270 g/mol. The molecule has 2 aromatic carbocycles. The van der Waals surface area contributed by atoms with Gasteiger partial charge in [-0.05, 0) is 30.3 Å². The average Bonchev–Trinajstić information content (AvgIpc) is 2.76. The fraction of sp³-hybridized carbons (Fsp3) is 0. The number of aromatic amines is 1. The second-order valence-electron chi connectivity index (χ2n) is 4.45. The first-order chi connectivity index (χ1) is 9.24. The molecule has 0 spiro atoms. The van der Waals surface area contributed by atoms with Gasteiger partial charge in [-0.15, -0.1) is 0 Å². The molecule has 0 unspecified atom stereocenters. The Morgan fingerprint density at radius 1 is 1.05 bits per heavy atom. The fourth-order valence-corrected chi connectivity index (χ4v) is 2.60. The Morgan fingerprint density at radius 3 is 2.79 bits per heavy atom. The van der Waals surface area contributed by atoms with Crippen LogP contribution >= 0.6 is 11.6 Å². The maximum absolute atomic E-state index is 12.6. The molecule has 92 valence electrons. The molecule has 0 saturated heterocycles. The maximum Gasteiger partial charge on any atom is 0.209 e. The largest absolute Gasteiger partial charge is 0.439 e. The number of nitrogens with one attached hydrogen (secondary N) is 1. The van der Waals surface area contributed by atoms with Crippen LogP contribution in [0.5, 0.6) is 0 Å². The van der Waals surface area contributed by atoms with Crippen molar-refractivity contribution in [1.82, 2.24) is 4.98 Å². The van der Waals surface area contributed by atoms with Crippen molar-refractivity contribution in [2.45, 2.75) is 0 Å². The lowest BCUT2D eigenvalue weighted by molar-refractivity contribution is 0.648. The van der Waals surface area contributed by atoms with E-state index in [4.69, 9.17) is 16.0 Å². The van der Waals surface area contributed by atoms with E-state index < -0.39 is 0 Å². The van der Waals surface area contributed by atoms with Gasteiger partial charge in [0.05, 0.1) is 10.8 Å². The van der Waals surface area contributed by atoms with E-state index in [0.717, 1.165) is 10.9 Å². The van der Waals surface area contributed by atoms with Gasteiger partial charge in [0.25, 0.3) is 0 Å². The number of rotatable bonds is 0. The molecule has 4 rings (SSSR count). The molecule has 4 aromatic rings. The molecule has 0 aliphatic carbocycles. The summed E-state index contributed by atoms with van der Waals surface area (Å²) in [5, 5.41) is 2.52. The van der Waals surface area contributed by atoms with Crippen molar-refractivity contribution in [3.8, 4) is 0 Å². The number of fused-ring (bicyclic) bond motifs is 4. The minimum absolute atomic E-state index is 0.0367. The van der Waals surface area contributed by atoms with Crippen molar-refractivity contribution in [3.63, 3.8) is 0 Å². The van der Waals surface area contributed by atoms with Crippen molar-refractivity contribution >= 4 is 44.6 Å². The summed E-state index contributed by atoms with van der Waals surface area (Å²) in [7, 11) is 0. The van der Waals surface area contributed by atoms with Gasteiger partial charge >= 0.3 is 0 Å². The van der Waals surface area contributed by atoms with Crippen LogP contribution in [0.4, 0.5) is 0 Å². The second kappa shape index (κ2) is 3.62. The molecule has 0 atom stereocenters. The molecule has 0 bridgehead atoms. The SMILES string of the molecule is O=c1c2ccccc2oc2[nH]c3ccc(Cl)cc3c12. The van der Waals surface area contributed by atoms with Crippen LogP contribution in [0.25, 0.3) is 33.0 Å². The van der Waals surface area contributed by atoms with Crippen molar-refractivity contribution < 1.29 is 4.42 Å². The van der Waals surface area contributed by atoms with Crippen LogP contribution in [0.3, 0.4) is 0 Å². The van der Waals surface area contributed by atoms with E-state index in [9.17, 15) is 4.79 Å². The molecule has 4 heteroatoms. The van der Waals surface area contributed by atoms with Gasteiger partial charge in [0.2, 0.25) is 11.1 Å². The molecule has 0 saturated carbocycles. The number of hydrogen-bond donors (Lipinski definition) is 1. The zero-order valence-corrected chi connectivity index (χ0v) is 10.5. The quantitative estimate of drug-likeness (QED) is 0.523. The van der Waals surface area contributed by atoms with Gasteiger partial charge in [-0.1, -0.05) is 23.7 Å². The Hall–Kier alpha value is -2.26. The predicted octanol–water partition coefficient (Wildman–Crippen LogP) is 4.08. The van der Waals surface area contributed by atoms with Crippen molar-refractivity contribution in [2.75, 3.05) is 0 Å². The van der Waals surface area contributed by atoms with Crippen LogP contribution in [0.15, 0.2) is 51.7 Å². The molecule has 0 aliphatic heterocycles. The fourth-order valence-electron chi connectivity index (χ4n) is 2.43. The third-order valence-electron chi connectivity index (χ3n) is 3.30. The molecular formula is C15H8ClNO2. The Kier molecular flexibility index (Phi) is 2.03. The molecule has 2 heterocycles. The maximum atomic E-state index is 12.6. The van der Waals surface area contributed by atoms with E-state index in [0.29, 0.717) is 27.1 Å². The van der Waals surface area contributed by atoms with Gasteiger partial charge in [-0.25, -0.2) is 0 Å². The van der Waals surface area contributed by atoms with E-state index in [1.54, 1.807) is 24.3 Å². The van der Waals surface area contributed by atoms with E-state index in [1.807, 2.05) is 18.2 Å². The summed E-state index contributed by atoms with van der Waals surface area (Å²) in [4.78, 5) is 15.7. The summed E-state index contributed by atoms with van der Waals surface area (Å²) >= 11 is 6.00. The first kappa shape index (κ1) is 10.6. The summed E-state index contributed by atoms with van der Waals surface area (Å²) in [6.45, 7) is 0. The molecular weight excluding hydrogens is 262 g/mol. The monoisotopic (exact) mass is 269 g/mol. The summed E-state index contributed by atoms with van der Waals surface area (Å²) < 4.78 is 5.75. The Morgan fingerprint density at radius 2 is 1.89 bits per heavy atom. The molecule has 2 aromatic heterocycles. The zero-order chi connectivity index (χ0) is 13.0. The lowest BCUT2D eigenvalue weighted by Crippen LogP contribution is -2.00. The van der Waals surface area contributed by atoms with Gasteiger partial charge in [-0.2, -0.15) is 0 Å². The first-order valence-electron chi connectivity index (χ1n) is 5.87. The predicted molar refractivity (Wildman–Crippen MR) is 76.9 cm³/mol. The minimum atomic E-state index is -0.0367. The highest BCUT2D eigenvalue weighted by Crippen LogP contribution is 2.27. The van der Waals surface area contributed by atoms with Crippen LogP contribution in [0, 0.1) is 0 Å². The molecule has 0 radical (unpaired) electrons. The van der Waals surface area contributed by atoms with Crippen LogP contribution in [-0.2, 0) is 0 Å². The third kappa shape index (κ3) is 1.42. The van der Waals surface area contributed by atoms with Gasteiger partial charge in [0, 0.05) is 15.9 Å². The summed E-state index contributed by atoms with van der Waals surface area (Å²) in [6, 6.07) is 12.6. The molecule has 0 amide bonds. The normalized spacial score (nSPS) is 11.6. The van der Waals surface area contributed by atoms with Gasteiger partial charge in [-0.3, -0.25) is 4.79 Å².